The monoisotopic (exact) mass is 240 g/mol. The van der Waals surface area contributed by atoms with Crippen molar-refractivity contribution < 1.29 is 9.66 Å². The second kappa shape index (κ2) is 6.00. The van der Waals surface area contributed by atoms with Crippen LogP contribution in [0.4, 0.5) is 11.5 Å². The average molecular weight is 240 g/mol. The van der Waals surface area contributed by atoms with E-state index in [1.807, 2.05) is 13.8 Å². The van der Waals surface area contributed by atoms with Crippen LogP contribution in [0, 0.1) is 16.0 Å². The van der Waals surface area contributed by atoms with Crippen LogP contribution >= 0.6 is 0 Å². The van der Waals surface area contributed by atoms with Gasteiger partial charge in [0, 0.05) is 6.07 Å². The zero-order chi connectivity index (χ0) is 12.8. The Morgan fingerprint density at radius 1 is 1.59 bits per heavy atom. The number of nitrogens with two attached hydrogens (primary N) is 1. The van der Waals surface area contributed by atoms with Crippen molar-refractivity contribution in [3.8, 4) is 5.88 Å². The molecule has 0 aliphatic rings. The van der Waals surface area contributed by atoms with Gasteiger partial charge in [0.15, 0.2) is 0 Å². The molecule has 0 atom stereocenters. The second-order valence-electron chi connectivity index (χ2n) is 3.95. The quantitative estimate of drug-likeness (QED) is 0.445. The Morgan fingerprint density at radius 2 is 2.29 bits per heavy atom. The Kier molecular flexibility index (Phi) is 4.65. The summed E-state index contributed by atoms with van der Waals surface area (Å²) in [6, 6.07) is 2.74. The van der Waals surface area contributed by atoms with E-state index in [2.05, 4.69) is 10.4 Å². The summed E-state index contributed by atoms with van der Waals surface area (Å²) in [7, 11) is 0. The van der Waals surface area contributed by atoms with Crippen LogP contribution in [0.25, 0.3) is 0 Å². The summed E-state index contributed by atoms with van der Waals surface area (Å²) in [5.41, 5.74) is 2.16. The SMILES string of the molecule is CC(C)CCOc1nc(NN)ccc1[N+](=O)[O-]. The van der Waals surface area contributed by atoms with Crippen LogP contribution in [-0.4, -0.2) is 16.5 Å². The molecule has 0 unspecified atom stereocenters. The zero-order valence-corrected chi connectivity index (χ0v) is 9.84. The molecule has 1 rings (SSSR count). The molecule has 7 nitrogen and oxygen atoms in total. The molecule has 0 amide bonds. The molecule has 1 aromatic heterocycles. The van der Waals surface area contributed by atoms with Crippen LogP contribution in [0.1, 0.15) is 20.3 Å². The maximum atomic E-state index is 10.8. The fourth-order valence-electron chi connectivity index (χ4n) is 1.15. The van der Waals surface area contributed by atoms with Gasteiger partial charge < -0.3 is 10.2 Å². The predicted molar refractivity (Wildman–Crippen MR) is 63.7 cm³/mol. The normalized spacial score (nSPS) is 10.4. The first-order chi connectivity index (χ1) is 8.04. The molecule has 17 heavy (non-hydrogen) atoms. The lowest BCUT2D eigenvalue weighted by molar-refractivity contribution is -0.386. The van der Waals surface area contributed by atoms with Crippen LogP contribution < -0.4 is 16.0 Å². The minimum atomic E-state index is -0.530. The molecular formula is C10H16N4O3. The first-order valence-electron chi connectivity index (χ1n) is 5.29. The summed E-state index contributed by atoms with van der Waals surface area (Å²) >= 11 is 0. The highest BCUT2D eigenvalue weighted by atomic mass is 16.6. The van der Waals surface area contributed by atoms with E-state index in [0.29, 0.717) is 18.3 Å². The predicted octanol–water partition coefficient (Wildman–Crippen LogP) is 1.70. The number of hydrogen-bond acceptors (Lipinski definition) is 6. The van der Waals surface area contributed by atoms with Gasteiger partial charge in [0.05, 0.1) is 11.5 Å². The van der Waals surface area contributed by atoms with Crippen LogP contribution in [0.3, 0.4) is 0 Å². The van der Waals surface area contributed by atoms with Gasteiger partial charge in [-0.2, -0.15) is 4.98 Å². The van der Waals surface area contributed by atoms with Crippen molar-refractivity contribution in [3.05, 3.63) is 22.2 Å². The third kappa shape index (κ3) is 3.87. The molecule has 0 fully saturated rings. The number of hydrogen-bond donors (Lipinski definition) is 2. The van der Waals surface area contributed by atoms with Gasteiger partial charge in [-0.05, 0) is 18.4 Å². The molecule has 0 spiro atoms. The number of nitrogen functional groups attached to an aromatic ring is 1. The first kappa shape index (κ1) is 13.2. The van der Waals surface area contributed by atoms with Gasteiger partial charge in [0.1, 0.15) is 5.82 Å². The summed E-state index contributed by atoms with van der Waals surface area (Å²) in [6.45, 7) is 4.48. The van der Waals surface area contributed by atoms with Gasteiger partial charge in [0.25, 0.3) is 5.88 Å². The van der Waals surface area contributed by atoms with Crippen LogP contribution in [0.2, 0.25) is 0 Å². The van der Waals surface area contributed by atoms with Crippen molar-refractivity contribution in [2.45, 2.75) is 20.3 Å². The van der Waals surface area contributed by atoms with E-state index in [9.17, 15) is 10.1 Å². The van der Waals surface area contributed by atoms with E-state index in [-0.39, 0.29) is 11.6 Å². The molecule has 0 aliphatic carbocycles. The first-order valence-corrected chi connectivity index (χ1v) is 5.29. The zero-order valence-electron chi connectivity index (χ0n) is 9.84. The van der Waals surface area contributed by atoms with E-state index in [0.717, 1.165) is 6.42 Å². The van der Waals surface area contributed by atoms with Gasteiger partial charge in [-0.1, -0.05) is 13.8 Å². The minimum absolute atomic E-state index is 0.00824. The lowest BCUT2D eigenvalue weighted by Gasteiger charge is -2.08. The molecule has 0 bridgehead atoms. The van der Waals surface area contributed by atoms with Gasteiger partial charge in [-0.3, -0.25) is 10.1 Å². The van der Waals surface area contributed by atoms with Gasteiger partial charge in [-0.15, -0.1) is 0 Å². The minimum Gasteiger partial charge on any atom is -0.473 e. The molecule has 0 saturated carbocycles. The highest BCUT2D eigenvalue weighted by Crippen LogP contribution is 2.26. The van der Waals surface area contributed by atoms with E-state index in [1.54, 1.807) is 0 Å². The molecule has 0 saturated heterocycles. The summed E-state index contributed by atoms with van der Waals surface area (Å²) < 4.78 is 5.30. The molecule has 1 aromatic rings. The smallest absolute Gasteiger partial charge is 0.331 e. The number of rotatable bonds is 6. The Balaban J connectivity index is 2.82. The highest BCUT2D eigenvalue weighted by Gasteiger charge is 2.17. The van der Waals surface area contributed by atoms with Crippen molar-refractivity contribution in [1.82, 2.24) is 4.98 Å². The van der Waals surface area contributed by atoms with Crippen LogP contribution in [-0.2, 0) is 0 Å². The maximum Gasteiger partial charge on any atom is 0.331 e. The third-order valence-electron chi connectivity index (χ3n) is 2.12. The van der Waals surface area contributed by atoms with Gasteiger partial charge in [-0.25, -0.2) is 5.84 Å². The number of nitrogens with zero attached hydrogens (tertiary/aromatic N) is 2. The van der Waals surface area contributed by atoms with Gasteiger partial charge >= 0.3 is 5.69 Å². The third-order valence-corrected chi connectivity index (χ3v) is 2.12. The lowest BCUT2D eigenvalue weighted by Crippen LogP contribution is -2.11. The molecule has 0 aromatic carbocycles. The molecule has 3 N–H and O–H groups in total. The van der Waals surface area contributed by atoms with E-state index in [1.165, 1.54) is 12.1 Å². The number of pyridine rings is 1. The average Bonchev–Trinajstić information content (AvgIpc) is 2.28. The lowest BCUT2D eigenvalue weighted by atomic mass is 10.1. The molecule has 0 aliphatic heterocycles. The van der Waals surface area contributed by atoms with Crippen molar-refractivity contribution in [1.29, 1.82) is 0 Å². The van der Waals surface area contributed by atoms with Gasteiger partial charge in [0.2, 0.25) is 0 Å². The number of anilines is 1. The number of nitrogens with one attached hydrogen (secondary N) is 1. The molecular weight excluding hydrogens is 224 g/mol. The van der Waals surface area contributed by atoms with Crippen molar-refractivity contribution in [3.63, 3.8) is 0 Å². The number of hydrazine groups is 1. The number of ether oxygens (including phenoxy) is 1. The van der Waals surface area contributed by atoms with E-state index < -0.39 is 4.92 Å². The molecule has 7 heteroatoms. The van der Waals surface area contributed by atoms with E-state index in [4.69, 9.17) is 10.6 Å². The summed E-state index contributed by atoms with van der Waals surface area (Å²) in [5.74, 6) is 5.97. The maximum absolute atomic E-state index is 10.8. The largest absolute Gasteiger partial charge is 0.473 e. The Morgan fingerprint density at radius 3 is 2.82 bits per heavy atom. The molecule has 94 valence electrons. The molecule has 1 heterocycles. The van der Waals surface area contributed by atoms with Crippen molar-refractivity contribution in [2.75, 3.05) is 12.0 Å². The summed E-state index contributed by atoms with van der Waals surface area (Å²) in [5, 5.41) is 10.8. The number of nitro groups is 1. The standard InChI is InChI=1S/C10H16N4O3/c1-7(2)5-6-17-10-8(14(15)16)3-4-9(12-10)13-11/h3-4,7H,5-6,11H2,1-2H3,(H,12,13). The Bertz CT molecular complexity index is 395. The van der Waals surface area contributed by atoms with Crippen LogP contribution in [0.15, 0.2) is 12.1 Å². The Hall–Kier alpha value is -1.89. The number of aromatic nitrogens is 1. The Labute approximate surface area is 99.1 Å². The fraction of sp³-hybridized carbons (Fsp3) is 0.500. The summed E-state index contributed by atoms with van der Waals surface area (Å²) in [6.07, 6.45) is 0.805. The van der Waals surface area contributed by atoms with Crippen molar-refractivity contribution >= 4 is 11.5 Å². The van der Waals surface area contributed by atoms with Crippen LogP contribution in [0.5, 0.6) is 5.88 Å². The summed E-state index contributed by atoms with van der Waals surface area (Å²) in [4.78, 5) is 14.1. The van der Waals surface area contributed by atoms with Crippen molar-refractivity contribution in [2.24, 2.45) is 11.8 Å². The fourth-order valence-corrected chi connectivity index (χ4v) is 1.15. The van der Waals surface area contributed by atoms with E-state index >= 15 is 0 Å². The topological polar surface area (TPSA) is 103 Å². The molecule has 0 radical (unpaired) electrons. The highest BCUT2D eigenvalue weighted by molar-refractivity contribution is 5.48. The second-order valence-corrected chi connectivity index (χ2v) is 3.95.